The number of amides is 3. The molecule has 0 aliphatic carbocycles. The number of carboxylic acid groups (broad SMARTS) is 1. The van der Waals surface area contributed by atoms with Crippen LogP contribution in [0.3, 0.4) is 0 Å². The van der Waals surface area contributed by atoms with Crippen molar-refractivity contribution in [3.63, 3.8) is 0 Å². The zero-order valence-corrected chi connectivity index (χ0v) is 23.7. The number of carbonyl (C=O) groups is 4. The van der Waals surface area contributed by atoms with E-state index in [0.29, 0.717) is 20.4 Å². The Balaban J connectivity index is 1.44. The van der Waals surface area contributed by atoms with Crippen LogP contribution in [0.25, 0.3) is 0 Å². The summed E-state index contributed by atoms with van der Waals surface area (Å²) in [4.78, 5) is 66.0. The van der Waals surface area contributed by atoms with Crippen molar-refractivity contribution in [3.05, 3.63) is 67.6 Å². The first-order chi connectivity index (χ1) is 19.3. The summed E-state index contributed by atoms with van der Waals surface area (Å²) in [5.41, 5.74) is 0.609. The van der Waals surface area contributed by atoms with Crippen LogP contribution in [0.5, 0.6) is 5.75 Å². The molecular weight excluding hydrogens is 620 g/mol. The number of carbonyl (C=O) groups excluding carboxylic acids is 3. The van der Waals surface area contributed by atoms with Gasteiger partial charge in [0, 0.05) is 27.1 Å². The largest absolute Gasteiger partial charge is 0.483 e. The van der Waals surface area contributed by atoms with E-state index in [4.69, 9.17) is 21.5 Å². The first-order valence-electron chi connectivity index (χ1n) is 11.6. The number of nitrogens with two attached hydrogens (primary N) is 1. The number of likely N-dealkylation sites (tertiary alicyclic amines) is 1. The first-order valence-corrected chi connectivity index (χ1v) is 15.3. The van der Waals surface area contributed by atoms with Crippen molar-refractivity contribution in [2.24, 2.45) is 11.1 Å². The standard InChI is InChI=1S/C24H19ClN4O9S3/c25-10-1-6-14(38-9-15(30)27-11-2-4-12(5-3-11)41(26,36)37)13(7-10)17-18-20(39-21-19(17)40-24(35)28-21)23(34)29(22(18)33)8-16(31)32/h1-7,17-18,20H,8-9H2,(H,27,30)(H,28,35)(H,31,32)(H2,26,36,37)/t17-,18?,20?/m0/s1. The number of H-pyrrole nitrogens is 1. The van der Waals surface area contributed by atoms with E-state index in [1.807, 2.05) is 0 Å². The second-order valence-electron chi connectivity index (χ2n) is 8.99. The van der Waals surface area contributed by atoms with Gasteiger partial charge < -0.3 is 20.1 Å². The summed E-state index contributed by atoms with van der Waals surface area (Å²) in [5.74, 6) is -5.17. The third kappa shape index (κ3) is 5.73. The third-order valence-electron chi connectivity index (χ3n) is 6.34. The van der Waals surface area contributed by atoms with Crippen LogP contribution < -0.4 is 20.1 Å². The number of rotatable bonds is 8. The minimum absolute atomic E-state index is 0.130. The van der Waals surface area contributed by atoms with E-state index < -0.39 is 68.8 Å². The van der Waals surface area contributed by atoms with Crippen molar-refractivity contribution in [2.75, 3.05) is 18.5 Å². The fourth-order valence-electron chi connectivity index (χ4n) is 4.66. The number of thioether (sulfide) groups is 1. The summed E-state index contributed by atoms with van der Waals surface area (Å²) in [6, 6.07) is 9.65. The summed E-state index contributed by atoms with van der Waals surface area (Å²) in [6.07, 6.45) is 0. The van der Waals surface area contributed by atoms with Crippen LogP contribution in [0.1, 0.15) is 16.4 Å². The Kier molecular flexibility index (Phi) is 7.69. The Morgan fingerprint density at radius 1 is 1.12 bits per heavy atom. The lowest BCUT2D eigenvalue weighted by atomic mass is 9.82. The van der Waals surface area contributed by atoms with Gasteiger partial charge >= 0.3 is 10.8 Å². The lowest BCUT2D eigenvalue weighted by Gasteiger charge is -2.31. The van der Waals surface area contributed by atoms with Crippen LogP contribution in [0.4, 0.5) is 5.69 Å². The average molecular weight is 639 g/mol. The van der Waals surface area contributed by atoms with Crippen molar-refractivity contribution >= 4 is 74.1 Å². The van der Waals surface area contributed by atoms with Gasteiger partial charge in [-0.1, -0.05) is 34.7 Å². The van der Waals surface area contributed by atoms with Gasteiger partial charge in [0.15, 0.2) is 6.61 Å². The molecule has 3 heterocycles. The minimum atomic E-state index is -3.90. The van der Waals surface area contributed by atoms with E-state index in [1.165, 1.54) is 42.5 Å². The molecular formula is C24H19ClN4O9S3. The summed E-state index contributed by atoms with van der Waals surface area (Å²) < 4.78 is 28.7. The number of fused-ring (bicyclic) bond motifs is 2. The number of thiazole rings is 1. The number of sulfonamides is 1. The Morgan fingerprint density at radius 2 is 1.83 bits per heavy atom. The molecule has 1 aromatic heterocycles. The highest BCUT2D eigenvalue weighted by Gasteiger charge is 2.56. The molecule has 13 nitrogen and oxygen atoms in total. The Labute approximate surface area is 244 Å². The molecule has 1 fully saturated rings. The molecule has 17 heteroatoms. The van der Waals surface area contributed by atoms with E-state index in [0.717, 1.165) is 23.1 Å². The molecule has 41 heavy (non-hydrogen) atoms. The monoisotopic (exact) mass is 638 g/mol. The van der Waals surface area contributed by atoms with E-state index in [1.54, 1.807) is 0 Å². The lowest BCUT2D eigenvalue weighted by Crippen LogP contribution is -2.36. The van der Waals surface area contributed by atoms with Gasteiger partial charge in [0.25, 0.3) is 5.91 Å². The fraction of sp³-hybridized carbons (Fsp3) is 0.208. The predicted molar refractivity (Wildman–Crippen MR) is 148 cm³/mol. The summed E-state index contributed by atoms with van der Waals surface area (Å²) in [5, 5.41) is 16.5. The molecule has 0 saturated carbocycles. The van der Waals surface area contributed by atoms with E-state index in [2.05, 4.69) is 10.3 Å². The number of nitrogens with one attached hydrogen (secondary N) is 2. The van der Waals surface area contributed by atoms with Crippen LogP contribution in [-0.2, 0) is 29.2 Å². The molecule has 0 bridgehead atoms. The van der Waals surface area contributed by atoms with E-state index in [-0.39, 0.29) is 21.4 Å². The number of aromatic amines is 1. The number of hydrogen-bond donors (Lipinski definition) is 4. The molecule has 5 rings (SSSR count). The molecule has 0 radical (unpaired) electrons. The number of hydrogen-bond acceptors (Lipinski definition) is 10. The van der Waals surface area contributed by atoms with Crippen molar-refractivity contribution < 1.29 is 37.4 Å². The van der Waals surface area contributed by atoms with Gasteiger partial charge in [0.1, 0.15) is 17.5 Å². The van der Waals surface area contributed by atoms with E-state index >= 15 is 0 Å². The number of aliphatic carboxylic acids is 1. The maximum Gasteiger partial charge on any atom is 0.323 e. The Bertz CT molecular complexity index is 1750. The first kappa shape index (κ1) is 28.8. The van der Waals surface area contributed by atoms with Gasteiger partial charge in [0.05, 0.1) is 15.8 Å². The number of carboxylic acids is 1. The lowest BCUT2D eigenvalue weighted by molar-refractivity contribution is -0.149. The number of primary sulfonamides is 1. The second kappa shape index (κ2) is 10.9. The number of aromatic nitrogens is 1. The SMILES string of the molecule is NS(=O)(=O)c1ccc(NC(=O)COc2ccc(Cl)cc2[C@@H]2c3sc(=O)[nH]c3SC3C(=O)N(CC(=O)O)C(=O)C32)cc1. The maximum atomic E-state index is 13.4. The van der Waals surface area contributed by atoms with Crippen molar-refractivity contribution in [2.45, 2.75) is 21.1 Å². The Hall–Kier alpha value is -3.70. The van der Waals surface area contributed by atoms with Gasteiger partial charge in [-0.05, 0) is 42.5 Å². The highest BCUT2D eigenvalue weighted by molar-refractivity contribution is 8.00. The molecule has 3 amide bonds. The number of anilines is 1. The van der Waals surface area contributed by atoms with Crippen LogP contribution in [-0.4, -0.2) is 65.5 Å². The zero-order chi connectivity index (χ0) is 29.6. The number of nitrogens with zero attached hydrogens (tertiary/aromatic N) is 1. The summed E-state index contributed by atoms with van der Waals surface area (Å²) in [7, 11) is -3.90. The van der Waals surface area contributed by atoms with Crippen LogP contribution >= 0.6 is 34.7 Å². The maximum absolute atomic E-state index is 13.4. The summed E-state index contributed by atoms with van der Waals surface area (Å²) in [6.45, 7) is -1.31. The van der Waals surface area contributed by atoms with Gasteiger partial charge in [0.2, 0.25) is 21.8 Å². The van der Waals surface area contributed by atoms with Gasteiger partial charge in [-0.15, -0.1) is 0 Å². The minimum Gasteiger partial charge on any atom is -0.483 e. The number of imide groups is 1. The normalized spacial score (nSPS) is 20.0. The van der Waals surface area contributed by atoms with Crippen molar-refractivity contribution in [1.29, 1.82) is 0 Å². The average Bonchev–Trinajstić information content (AvgIpc) is 3.38. The van der Waals surface area contributed by atoms with Crippen LogP contribution in [0.15, 0.2) is 57.2 Å². The molecule has 2 aromatic carbocycles. The molecule has 0 spiro atoms. The molecule has 214 valence electrons. The molecule has 1 saturated heterocycles. The highest BCUT2D eigenvalue weighted by atomic mass is 35.5. The molecule has 3 atom stereocenters. The topological polar surface area (TPSA) is 206 Å². The van der Waals surface area contributed by atoms with E-state index in [9.17, 15) is 37.5 Å². The fourth-order valence-corrected chi connectivity index (χ4v) is 7.89. The van der Waals surface area contributed by atoms with Crippen molar-refractivity contribution in [3.8, 4) is 5.75 Å². The number of ether oxygens (including phenoxy) is 1. The van der Waals surface area contributed by atoms with Crippen LogP contribution in [0.2, 0.25) is 5.02 Å². The molecule has 2 unspecified atom stereocenters. The van der Waals surface area contributed by atoms with Gasteiger partial charge in [-0.3, -0.25) is 28.9 Å². The molecule has 2 aliphatic heterocycles. The van der Waals surface area contributed by atoms with Gasteiger partial charge in [-0.2, -0.15) is 0 Å². The molecule has 5 N–H and O–H groups in total. The third-order valence-corrected chi connectivity index (χ3v) is 9.91. The van der Waals surface area contributed by atoms with Gasteiger partial charge in [-0.25, -0.2) is 13.6 Å². The second-order valence-corrected chi connectivity index (χ2v) is 13.2. The van der Waals surface area contributed by atoms with Crippen LogP contribution in [0, 0.1) is 5.92 Å². The highest BCUT2D eigenvalue weighted by Crippen LogP contribution is 2.54. The number of halogens is 1. The molecule has 2 aliphatic rings. The number of benzene rings is 2. The summed E-state index contributed by atoms with van der Waals surface area (Å²) >= 11 is 8.12. The predicted octanol–water partition coefficient (Wildman–Crippen LogP) is 1.43. The smallest absolute Gasteiger partial charge is 0.323 e. The molecule has 3 aromatic rings. The quantitative estimate of drug-likeness (QED) is 0.261. The van der Waals surface area contributed by atoms with Crippen molar-refractivity contribution in [1.82, 2.24) is 9.88 Å². The Morgan fingerprint density at radius 3 is 2.49 bits per heavy atom. The zero-order valence-electron chi connectivity index (χ0n) is 20.5.